The molecule has 2 heteroatoms. The average Bonchev–Trinajstić information content (AvgIpc) is 2.04. The van der Waals surface area contributed by atoms with Crippen molar-refractivity contribution in [2.45, 2.75) is 32.1 Å². The van der Waals surface area contributed by atoms with Gasteiger partial charge in [0.1, 0.15) is 0 Å². The fraction of sp³-hybridized carbons (Fsp3) is 0.500. The molecule has 0 spiro atoms. The second-order valence-corrected chi connectivity index (χ2v) is 3.58. The van der Waals surface area contributed by atoms with E-state index in [2.05, 4.69) is 11.1 Å². The summed E-state index contributed by atoms with van der Waals surface area (Å²) in [4.78, 5) is 4.31. The number of aliphatic imine (C=N–C) groups is 1. The molecule has 0 fully saturated rings. The van der Waals surface area contributed by atoms with Gasteiger partial charge in [-0.2, -0.15) is 0 Å². The molecule has 12 heavy (non-hydrogen) atoms. The molecule has 1 aliphatic rings. The molecule has 0 aromatic heterocycles. The fourth-order valence-electron chi connectivity index (χ4n) is 1.25. The van der Waals surface area contributed by atoms with Crippen molar-refractivity contribution in [3.8, 4) is 0 Å². The summed E-state index contributed by atoms with van der Waals surface area (Å²) in [7, 11) is 0. The van der Waals surface area contributed by atoms with Gasteiger partial charge in [0.05, 0.1) is 11.1 Å². The maximum Gasteiger partial charge on any atom is 0.0629 e. The van der Waals surface area contributed by atoms with Crippen molar-refractivity contribution in [3.05, 3.63) is 23.4 Å². The summed E-state index contributed by atoms with van der Waals surface area (Å²) in [5, 5.41) is 0.0604. The Morgan fingerprint density at radius 1 is 1.67 bits per heavy atom. The summed E-state index contributed by atoms with van der Waals surface area (Å²) in [6.45, 7) is 3.99. The van der Waals surface area contributed by atoms with Crippen LogP contribution < -0.4 is 0 Å². The number of rotatable bonds is 1. The number of allylic oxidation sites excluding steroid dienone is 3. The van der Waals surface area contributed by atoms with Crippen LogP contribution in [0.3, 0.4) is 0 Å². The summed E-state index contributed by atoms with van der Waals surface area (Å²) < 4.78 is 0. The monoisotopic (exact) mass is 183 g/mol. The summed E-state index contributed by atoms with van der Waals surface area (Å²) in [5.74, 6) is 0. The first-order valence-corrected chi connectivity index (χ1v) is 4.71. The number of hydrogen-bond acceptors (Lipinski definition) is 1. The molecule has 0 saturated heterocycles. The molecule has 1 rings (SSSR count). The average molecular weight is 184 g/mol. The van der Waals surface area contributed by atoms with Gasteiger partial charge in [0, 0.05) is 6.21 Å². The minimum Gasteiger partial charge on any atom is -0.261 e. The van der Waals surface area contributed by atoms with Gasteiger partial charge in [-0.05, 0) is 38.3 Å². The Morgan fingerprint density at radius 2 is 2.42 bits per heavy atom. The molecule has 0 aromatic rings. The number of halogens is 1. The molecular weight excluding hydrogens is 170 g/mol. The molecule has 1 aliphatic heterocycles. The van der Waals surface area contributed by atoms with Crippen molar-refractivity contribution in [1.82, 2.24) is 0 Å². The van der Waals surface area contributed by atoms with Crippen LogP contribution in [-0.4, -0.2) is 11.6 Å². The highest BCUT2D eigenvalue weighted by molar-refractivity contribution is 6.21. The van der Waals surface area contributed by atoms with E-state index in [9.17, 15) is 0 Å². The highest BCUT2D eigenvalue weighted by atomic mass is 35.5. The lowest BCUT2D eigenvalue weighted by Crippen LogP contribution is -1.98. The second kappa shape index (κ2) is 4.46. The maximum absolute atomic E-state index is 5.86. The Hall–Kier alpha value is -0.560. The zero-order valence-electron chi connectivity index (χ0n) is 7.55. The summed E-state index contributed by atoms with van der Waals surface area (Å²) in [5.41, 5.74) is 2.36. The summed E-state index contributed by atoms with van der Waals surface area (Å²) >= 11 is 5.86. The Kier molecular flexibility index (Phi) is 3.54. The zero-order chi connectivity index (χ0) is 8.97. The first-order valence-electron chi connectivity index (χ1n) is 4.28. The molecule has 0 aromatic carbocycles. The highest BCUT2D eigenvalue weighted by Crippen LogP contribution is 2.22. The van der Waals surface area contributed by atoms with E-state index < -0.39 is 0 Å². The molecule has 0 bridgehead atoms. The topological polar surface area (TPSA) is 12.4 Å². The number of hydrogen-bond donors (Lipinski definition) is 0. The van der Waals surface area contributed by atoms with Gasteiger partial charge in [0.15, 0.2) is 0 Å². The van der Waals surface area contributed by atoms with Crippen LogP contribution in [0.2, 0.25) is 0 Å². The zero-order valence-corrected chi connectivity index (χ0v) is 8.30. The first kappa shape index (κ1) is 9.53. The molecule has 0 aliphatic carbocycles. The minimum atomic E-state index is 0.0604. The quantitative estimate of drug-likeness (QED) is 0.554. The predicted octanol–water partition coefficient (Wildman–Crippen LogP) is 3.31. The minimum absolute atomic E-state index is 0.0604. The summed E-state index contributed by atoms with van der Waals surface area (Å²) in [6, 6.07) is 0. The third kappa shape index (κ3) is 2.49. The van der Waals surface area contributed by atoms with Crippen molar-refractivity contribution < 1.29 is 0 Å². The van der Waals surface area contributed by atoms with Gasteiger partial charge < -0.3 is 0 Å². The smallest absolute Gasteiger partial charge is 0.0629 e. The molecule has 0 radical (unpaired) electrons. The van der Waals surface area contributed by atoms with E-state index in [4.69, 9.17) is 11.6 Å². The predicted molar refractivity (Wildman–Crippen MR) is 54.9 cm³/mol. The van der Waals surface area contributed by atoms with E-state index in [1.54, 1.807) is 0 Å². The van der Waals surface area contributed by atoms with Crippen molar-refractivity contribution in [3.63, 3.8) is 0 Å². The third-order valence-electron chi connectivity index (χ3n) is 1.84. The van der Waals surface area contributed by atoms with E-state index in [0.717, 1.165) is 18.5 Å². The van der Waals surface area contributed by atoms with Gasteiger partial charge in [0.2, 0.25) is 0 Å². The standard InChI is InChI=1S/C10H14ClN/c1-3-9-5-4-6-12-10(9)7-8(2)11/h3,6-8H,4-5H2,1-2H3/b9-3-,10-7+. The molecule has 0 amide bonds. The van der Waals surface area contributed by atoms with Crippen molar-refractivity contribution >= 4 is 17.8 Å². The van der Waals surface area contributed by atoms with Gasteiger partial charge in [-0.15, -0.1) is 11.6 Å². The Balaban J connectivity index is 2.85. The van der Waals surface area contributed by atoms with E-state index in [1.807, 2.05) is 26.1 Å². The molecule has 0 N–H and O–H groups in total. The van der Waals surface area contributed by atoms with E-state index in [1.165, 1.54) is 5.57 Å². The Bertz CT molecular complexity index is 236. The SMILES string of the molecule is C/C=C1/CCC=N/C1=C/C(C)Cl. The van der Waals surface area contributed by atoms with Gasteiger partial charge in [-0.1, -0.05) is 6.08 Å². The maximum atomic E-state index is 5.86. The Labute approximate surface area is 78.8 Å². The molecule has 66 valence electrons. The Morgan fingerprint density at radius 3 is 3.00 bits per heavy atom. The second-order valence-electron chi connectivity index (χ2n) is 2.89. The first-order chi connectivity index (χ1) is 5.74. The molecule has 1 atom stereocenters. The van der Waals surface area contributed by atoms with Crippen molar-refractivity contribution in [2.24, 2.45) is 4.99 Å². The number of alkyl halides is 1. The van der Waals surface area contributed by atoms with E-state index in [0.29, 0.717) is 0 Å². The van der Waals surface area contributed by atoms with Crippen molar-refractivity contribution in [2.75, 3.05) is 0 Å². The fourth-order valence-corrected chi connectivity index (χ4v) is 1.37. The van der Waals surface area contributed by atoms with Crippen LogP contribution in [-0.2, 0) is 0 Å². The van der Waals surface area contributed by atoms with Gasteiger partial charge in [-0.25, -0.2) is 0 Å². The largest absolute Gasteiger partial charge is 0.261 e. The van der Waals surface area contributed by atoms with Crippen LogP contribution in [0.4, 0.5) is 0 Å². The van der Waals surface area contributed by atoms with E-state index in [-0.39, 0.29) is 5.38 Å². The van der Waals surface area contributed by atoms with Crippen LogP contribution in [0.1, 0.15) is 26.7 Å². The molecule has 1 unspecified atom stereocenters. The van der Waals surface area contributed by atoms with Crippen LogP contribution in [0.15, 0.2) is 28.4 Å². The molecule has 1 nitrogen and oxygen atoms in total. The van der Waals surface area contributed by atoms with Crippen LogP contribution in [0.25, 0.3) is 0 Å². The lowest BCUT2D eigenvalue weighted by molar-refractivity contribution is 0.973. The lowest BCUT2D eigenvalue weighted by Gasteiger charge is -2.11. The normalized spacial score (nSPS) is 26.6. The van der Waals surface area contributed by atoms with E-state index >= 15 is 0 Å². The van der Waals surface area contributed by atoms with Gasteiger partial charge >= 0.3 is 0 Å². The summed E-state index contributed by atoms with van der Waals surface area (Å²) in [6.07, 6.45) is 8.20. The molecule has 1 heterocycles. The van der Waals surface area contributed by atoms with Crippen LogP contribution in [0, 0.1) is 0 Å². The lowest BCUT2D eigenvalue weighted by atomic mass is 10.0. The molecular formula is C10H14ClN. The third-order valence-corrected chi connectivity index (χ3v) is 1.96. The van der Waals surface area contributed by atoms with Gasteiger partial charge in [-0.3, -0.25) is 4.99 Å². The molecule has 0 saturated carbocycles. The van der Waals surface area contributed by atoms with Crippen molar-refractivity contribution in [1.29, 1.82) is 0 Å². The highest BCUT2D eigenvalue weighted by Gasteiger charge is 2.07. The number of nitrogens with zero attached hydrogens (tertiary/aromatic N) is 1. The van der Waals surface area contributed by atoms with Crippen LogP contribution in [0.5, 0.6) is 0 Å². The van der Waals surface area contributed by atoms with Gasteiger partial charge in [0.25, 0.3) is 0 Å². The van der Waals surface area contributed by atoms with Crippen LogP contribution >= 0.6 is 11.6 Å².